The van der Waals surface area contributed by atoms with Crippen molar-refractivity contribution in [3.63, 3.8) is 0 Å². The second-order valence-electron chi connectivity index (χ2n) is 4.85. The molecule has 2 aromatic heterocycles. The standard InChI is InChI=1S/C15H20N4O2S/c1-4-18(15(20)7-9-22-3)14-11-19(16-12(14)2)13-6-5-8-17(21)10-13/h5-6,8,10-11H,4,7,9H2,1-3H3. The van der Waals surface area contributed by atoms with Crippen LogP contribution in [0.3, 0.4) is 0 Å². The van der Waals surface area contributed by atoms with Crippen LogP contribution in [0.4, 0.5) is 5.69 Å². The molecule has 0 N–H and O–H groups in total. The quantitative estimate of drug-likeness (QED) is 0.602. The van der Waals surface area contributed by atoms with Crippen molar-refractivity contribution in [1.82, 2.24) is 9.78 Å². The van der Waals surface area contributed by atoms with E-state index in [9.17, 15) is 10.0 Å². The molecule has 7 heteroatoms. The zero-order valence-electron chi connectivity index (χ0n) is 13.0. The molecule has 0 aliphatic carbocycles. The maximum atomic E-state index is 12.3. The Balaban J connectivity index is 2.30. The molecule has 0 fully saturated rings. The van der Waals surface area contributed by atoms with E-state index in [0.29, 0.717) is 18.7 Å². The first-order valence-electron chi connectivity index (χ1n) is 7.11. The number of aryl methyl sites for hydroxylation is 1. The first kappa shape index (κ1) is 16.4. The second-order valence-corrected chi connectivity index (χ2v) is 5.83. The molecular weight excluding hydrogens is 300 g/mol. The van der Waals surface area contributed by atoms with Gasteiger partial charge in [0.05, 0.1) is 17.6 Å². The van der Waals surface area contributed by atoms with Gasteiger partial charge in [0, 0.05) is 24.8 Å². The summed E-state index contributed by atoms with van der Waals surface area (Å²) in [6.07, 6.45) is 7.16. The average Bonchev–Trinajstić information content (AvgIpc) is 2.88. The number of pyridine rings is 1. The van der Waals surface area contributed by atoms with Gasteiger partial charge < -0.3 is 10.1 Å². The number of aromatic nitrogens is 3. The van der Waals surface area contributed by atoms with Crippen molar-refractivity contribution in [3.8, 4) is 5.69 Å². The third-order valence-corrected chi connectivity index (χ3v) is 3.94. The van der Waals surface area contributed by atoms with Crippen LogP contribution in [0.5, 0.6) is 0 Å². The van der Waals surface area contributed by atoms with Gasteiger partial charge in [-0.25, -0.2) is 4.68 Å². The monoisotopic (exact) mass is 320 g/mol. The van der Waals surface area contributed by atoms with Gasteiger partial charge in [-0.2, -0.15) is 21.6 Å². The molecule has 0 atom stereocenters. The van der Waals surface area contributed by atoms with Gasteiger partial charge in [0.15, 0.2) is 6.20 Å². The Hall–Kier alpha value is -2.02. The minimum Gasteiger partial charge on any atom is -0.619 e. The lowest BCUT2D eigenvalue weighted by Crippen LogP contribution is -2.31. The van der Waals surface area contributed by atoms with Gasteiger partial charge in [-0.15, -0.1) is 0 Å². The number of nitrogens with zero attached hydrogens (tertiary/aromatic N) is 4. The average molecular weight is 320 g/mol. The van der Waals surface area contributed by atoms with E-state index in [2.05, 4.69) is 5.10 Å². The first-order valence-corrected chi connectivity index (χ1v) is 8.51. The fraction of sp³-hybridized carbons (Fsp3) is 0.400. The summed E-state index contributed by atoms with van der Waals surface area (Å²) < 4.78 is 2.36. The van der Waals surface area contributed by atoms with Crippen LogP contribution in [-0.4, -0.2) is 34.2 Å². The number of hydrogen-bond donors (Lipinski definition) is 0. The summed E-state index contributed by atoms with van der Waals surface area (Å²) in [7, 11) is 0. The molecule has 2 rings (SSSR count). The fourth-order valence-corrected chi connectivity index (χ4v) is 2.61. The maximum absolute atomic E-state index is 12.3. The molecule has 0 aliphatic heterocycles. The first-order chi connectivity index (χ1) is 10.6. The molecule has 0 saturated carbocycles. The second kappa shape index (κ2) is 7.31. The Morgan fingerprint density at radius 1 is 1.55 bits per heavy atom. The van der Waals surface area contributed by atoms with Crippen molar-refractivity contribution in [3.05, 3.63) is 41.6 Å². The Labute approximate surface area is 134 Å². The summed E-state index contributed by atoms with van der Waals surface area (Å²) in [6, 6.07) is 3.47. The molecule has 0 unspecified atom stereocenters. The van der Waals surface area contributed by atoms with E-state index >= 15 is 0 Å². The summed E-state index contributed by atoms with van der Waals surface area (Å²) in [5.74, 6) is 0.892. The molecule has 2 aromatic rings. The highest BCUT2D eigenvalue weighted by atomic mass is 32.2. The zero-order valence-corrected chi connectivity index (χ0v) is 13.8. The maximum Gasteiger partial charge on any atom is 0.227 e. The summed E-state index contributed by atoms with van der Waals surface area (Å²) >= 11 is 1.66. The molecule has 0 radical (unpaired) electrons. The van der Waals surface area contributed by atoms with E-state index in [-0.39, 0.29) is 5.91 Å². The predicted octanol–water partition coefficient (Wildman–Crippen LogP) is 1.92. The highest BCUT2D eigenvalue weighted by Gasteiger charge is 2.19. The number of anilines is 1. The van der Waals surface area contributed by atoms with Gasteiger partial charge in [0.1, 0.15) is 5.69 Å². The smallest absolute Gasteiger partial charge is 0.227 e. The van der Waals surface area contributed by atoms with Crippen LogP contribution in [-0.2, 0) is 4.79 Å². The number of carbonyl (C=O) groups excluding carboxylic acids is 1. The minimum atomic E-state index is 0.0893. The van der Waals surface area contributed by atoms with Gasteiger partial charge in [-0.1, -0.05) is 0 Å². The molecule has 6 nitrogen and oxygen atoms in total. The van der Waals surface area contributed by atoms with E-state index in [4.69, 9.17) is 0 Å². The number of thioether (sulfide) groups is 1. The van der Waals surface area contributed by atoms with Crippen molar-refractivity contribution < 1.29 is 9.52 Å². The molecule has 0 spiro atoms. The van der Waals surface area contributed by atoms with Gasteiger partial charge in [0.25, 0.3) is 0 Å². The molecule has 1 amide bonds. The number of rotatable bonds is 6. The normalized spacial score (nSPS) is 10.7. The minimum absolute atomic E-state index is 0.0893. The third-order valence-electron chi connectivity index (χ3n) is 3.33. The van der Waals surface area contributed by atoms with Gasteiger partial charge in [-0.3, -0.25) is 4.79 Å². The predicted molar refractivity (Wildman–Crippen MR) is 88.3 cm³/mol. The lowest BCUT2D eigenvalue weighted by molar-refractivity contribution is -0.605. The van der Waals surface area contributed by atoms with E-state index < -0.39 is 0 Å². The van der Waals surface area contributed by atoms with Crippen molar-refractivity contribution in [1.29, 1.82) is 0 Å². The Bertz CT molecular complexity index is 657. The molecular formula is C15H20N4O2S. The SMILES string of the molecule is CCN(C(=O)CCSC)c1cn(-c2ccc[n+]([O-])c2)nc1C. The summed E-state index contributed by atoms with van der Waals surface area (Å²) in [6.45, 7) is 4.41. The molecule has 0 aliphatic rings. The summed E-state index contributed by atoms with van der Waals surface area (Å²) in [4.78, 5) is 14.0. The molecule has 2 heterocycles. The molecule has 0 saturated heterocycles. The van der Waals surface area contributed by atoms with Crippen molar-refractivity contribution in [2.45, 2.75) is 20.3 Å². The van der Waals surface area contributed by atoms with E-state index in [0.717, 1.165) is 21.9 Å². The third kappa shape index (κ3) is 3.59. The Morgan fingerprint density at radius 3 is 2.95 bits per heavy atom. The lowest BCUT2D eigenvalue weighted by Gasteiger charge is -2.19. The molecule has 0 bridgehead atoms. The van der Waals surface area contributed by atoms with Crippen LogP contribution in [0.1, 0.15) is 19.0 Å². The number of amides is 1. The number of carbonyl (C=O) groups is 1. The number of hydrogen-bond acceptors (Lipinski definition) is 4. The zero-order chi connectivity index (χ0) is 16.1. The van der Waals surface area contributed by atoms with Gasteiger partial charge in [-0.05, 0) is 26.2 Å². The lowest BCUT2D eigenvalue weighted by atomic mass is 10.3. The van der Waals surface area contributed by atoms with Crippen LogP contribution in [0.15, 0.2) is 30.7 Å². The largest absolute Gasteiger partial charge is 0.619 e. The Kier molecular flexibility index (Phi) is 5.43. The summed E-state index contributed by atoms with van der Waals surface area (Å²) in [5.41, 5.74) is 2.22. The van der Waals surface area contributed by atoms with Crippen LogP contribution >= 0.6 is 11.8 Å². The van der Waals surface area contributed by atoms with Crippen molar-refractivity contribution in [2.24, 2.45) is 0 Å². The topological polar surface area (TPSA) is 65.1 Å². The molecule has 22 heavy (non-hydrogen) atoms. The summed E-state index contributed by atoms with van der Waals surface area (Å²) in [5, 5.41) is 15.8. The molecule has 0 aromatic carbocycles. The fourth-order valence-electron chi connectivity index (χ4n) is 2.23. The van der Waals surface area contributed by atoms with E-state index in [1.807, 2.05) is 20.1 Å². The van der Waals surface area contributed by atoms with Crippen LogP contribution in [0.2, 0.25) is 0 Å². The van der Waals surface area contributed by atoms with Crippen LogP contribution in [0.25, 0.3) is 5.69 Å². The molecule has 118 valence electrons. The Morgan fingerprint density at radius 2 is 2.32 bits per heavy atom. The van der Waals surface area contributed by atoms with E-state index in [1.54, 1.807) is 39.7 Å². The van der Waals surface area contributed by atoms with E-state index in [1.165, 1.54) is 12.4 Å². The van der Waals surface area contributed by atoms with Gasteiger partial charge in [0.2, 0.25) is 12.1 Å². The van der Waals surface area contributed by atoms with Gasteiger partial charge >= 0.3 is 0 Å². The van der Waals surface area contributed by atoms with Crippen molar-refractivity contribution >= 4 is 23.4 Å². The van der Waals surface area contributed by atoms with Crippen molar-refractivity contribution in [2.75, 3.05) is 23.5 Å². The van der Waals surface area contributed by atoms with Crippen LogP contribution in [0, 0.1) is 12.1 Å². The highest BCUT2D eigenvalue weighted by molar-refractivity contribution is 7.98. The highest BCUT2D eigenvalue weighted by Crippen LogP contribution is 2.21. The van der Waals surface area contributed by atoms with Crippen LogP contribution < -0.4 is 9.63 Å².